The van der Waals surface area contributed by atoms with Crippen LogP contribution in [0.15, 0.2) is 11.1 Å². The minimum absolute atomic E-state index is 0.0825. The largest absolute Gasteiger partial charge is 0.853 e. The molecule has 1 aliphatic heterocycles. The number of nitrogens with one attached hydrogen (secondary N) is 1. The SMILES string of the molecule is Cn1c[n+](C2OC(C[O-])C(O)C2O)c2nc(N)[nH]c(=O)c21. The lowest BCUT2D eigenvalue weighted by Gasteiger charge is -2.15. The Hall–Kier alpha value is -2.01. The summed E-state index contributed by atoms with van der Waals surface area (Å²) in [6, 6.07) is 0. The van der Waals surface area contributed by atoms with Crippen molar-refractivity contribution < 1.29 is 24.6 Å². The molecule has 21 heavy (non-hydrogen) atoms. The fourth-order valence-corrected chi connectivity index (χ4v) is 2.55. The molecule has 0 aromatic carbocycles. The Morgan fingerprint density at radius 3 is 2.90 bits per heavy atom. The Morgan fingerprint density at radius 1 is 1.57 bits per heavy atom. The fraction of sp³-hybridized carbons (Fsp3) is 0.545. The molecule has 2 aromatic rings. The number of H-pyrrole nitrogens is 1. The molecule has 10 heteroatoms. The number of fused-ring (bicyclic) bond motifs is 1. The van der Waals surface area contributed by atoms with Crippen LogP contribution in [-0.2, 0) is 11.8 Å². The summed E-state index contributed by atoms with van der Waals surface area (Å²) in [5.74, 6) is -0.0825. The molecule has 1 aliphatic rings. The molecular formula is C11H15N5O5. The lowest BCUT2D eigenvalue weighted by molar-refractivity contribution is -0.746. The highest BCUT2D eigenvalue weighted by Crippen LogP contribution is 2.25. The van der Waals surface area contributed by atoms with Crippen molar-refractivity contribution in [2.24, 2.45) is 7.05 Å². The molecule has 5 N–H and O–H groups in total. The van der Waals surface area contributed by atoms with E-state index in [4.69, 9.17) is 10.5 Å². The molecule has 4 unspecified atom stereocenters. The molecule has 0 radical (unpaired) electrons. The minimum Gasteiger partial charge on any atom is -0.853 e. The van der Waals surface area contributed by atoms with E-state index in [0.29, 0.717) is 0 Å². The molecule has 4 atom stereocenters. The first-order valence-electron chi connectivity index (χ1n) is 6.29. The number of nitrogens with zero attached hydrogens (tertiary/aromatic N) is 3. The fourth-order valence-electron chi connectivity index (χ4n) is 2.55. The summed E-state index contributed by atoms with van der Waals surface area (Å²) < 4.78 is 8.24. The third kappa shape index (κ3) is 2.00. The molecule has 114 valence electrons. The molecular weight excluding hydrogens is 282 g/mol. The number of aliphatic hydroxyl groups is 2. The molecule has 0 amide bonds. The van der Waals surface area contributed by atoms with E-state index in [9.17, 15) is 20.1 Å². The minimum atomic E-state index is -1.30. The Morgan fingerprint density at radius 2 is 2.29 bits per heavy atom. The molecule has 1 saturated heterocycles. The van der Waals surface area contributed by atoms with Crippen LogP contribution < -0.4 is 21.0 Å². The first kappa shape index (κ1) is 13.9. The number of aryl methyl sites for hydroxylation is 1. The average molecular weight is 297 g/mol. The van der Waals surface area contributed by atoms with Gasteiger partial charge in [-0.25, -0.2) is 4.57 Å². The van der Waals surface area contributed by atoms with Crippen molar-refractivity contribution in [3.05, 3.63) is 16.7 Å². The summed E-state index contributed by atoms with van der Waals surface area (Å²) in [6.07, 6.45) is -3.15. The highest BCUT2D eigenvalue weighted by Gasteiger charge is 2.45. The van der Waals surface area contributed by atoms with Crippen LogP contribution in [0.1, 0.15) is 6.23 Å². The average Bonchev–Trinajstić information content (AvgIpc) is 2.89. The zero-order valence-electron chi connectivity index (χ0n) is 11.1. The van der Waals surface area contributed by atoms with Crippen LogP contribution in [0.25, 0.3) is 11.2 Å². The van der Waals surface area contributed by atoms with Gasteiger partial charge in [0.1, 0.15) is 12.2 Å². The zero-order chi connectivity index (χ0) is 15.3. The number of nitrogen functional groups attached to an aromatic ring is 1. The monoisotopic (exact) mass is 297 g/mol. The summed E-state index contributed by atoms with van der Waals surface area (Å²) in [5, 5.41) is 30.7. The first-order chi connectivity index (χ1) is 9.93. The van der Waals surface area contributed by atoms with E-state index < -0.39 is 36.7 Å². The van der Waals surface area contributed by atoms with Gasteiger partial charge < -0.3 is 25.8 Å². The number of hydrogen-bond acceptors (Lipinski definition) is 7. The van der Waals surface area contributed by atoms with Crippen molar-refractivity contribution in [3.8, 4) is 0 Å². The number of imidazole rings is 1. The van der Waals surface area contributed by atoms with Crippen molar-refractivity contribution >= 4 is 17.1 Å². The van der Waals surface area contributed by atoms with Crippen LogP contribution in [0, 0.1) is 0 Å². The van der Waals surface area contributed by atoms with Gasteiger partial charge in [0.05, 0.1) is 13.2 Å². The molecule has 2 aromatic heterocycles. The number of nitrogens with two attached hydrogens (primary N) is 1. The normalized spacial score (nSPS) is 29.3. The van der Waals surface area contributed by atoms with Gasteiger partial charge in [-0.3, -0.25) is 14.3 Å². The van der Waals surface area contributed by atoms with Crippen LogP contribution in [-0.4, -0.2) is 49.7 Å². The van der Waals surface area contributed by atoms with E-state index in [-0.39, 0.29) is 17.1 Å². The smallest absolute Gasteiger partial charge is 0.313 e. The lowest BCUT2D eigenvalue weighted by Crippen LogP contribution is -2.46. The van der Waals surface area contributed by atoms with Gasteiger partial charge in [-0.2, -0.15) is 0 Å². The molecule has 0 spiro atoms. The maximum Gasteiger partial charge on any atom is 0.313 e. The second kappa shape index (κ2) is 4.77. The number of anilines is 1. The number of hydrogen-bond donors (Lipinski definition) is 4. The van der Waals surface area contributed by atoms with Crippen LogP contribution in [0.4, 0.5) is 5.95 Å². The Bertz CT molecular complexity index is 740. The van der Waals surface area contributed by atoms with E-state index in [1.807, 2.05) is 0 Å². The molecule has 0 aliphatic carbocycles. The number of aromatic nitrogens is 4. The third-order valence-electron chi connectivity index (χ3n) is 3.57. The standard InChI is InChI=1S/C11H15N5O5/c1-15-3-16(8-5(15)9(20)14-11(12)13-8)10-7(19)6(18)4(2-17)21-10/h3-4,6-7,10,18-19H,2H2,1H3,(H3,12,13,14,20). The maximum atomic E-state index is 11.9. The van der Waals surface area contributed by atoms with E-state index >= 15 is 0 Å². The molecule has 0 saturated carbocycles. The van der Waals surface area contributed by atoms with E-state index in [1.165, 1.54) is 15.5 Å². The van der Waals surface area contributed by atoms with E-state index in [1.54, 1.807) is 7.05 Å². The molecule has 3 heterocycles. The van der Waals surface area contributed by atoms with Gasteiger partial charge in [-0.1, -0.05) is 4.98 Å². The molecule has 10 nitrogen and oxygen atoms in total. The van der Waals surface area contributed by atoms with Crippen LogP contribution >= 0.6 is 0 Å². The van der Waals surface area contributed by atoms with E-state index in [2.05, 4.69) is 9.97 Å². The van der Waals surface area contributed by atoms with Crippen LogP contribution in [0.3, 0.4) is 0 Å². The number of rotatable bonds is 2. The second-order valence-electron chi connectivity index (χ2n) is 4.97. The molecule has 1 fully saturated rings. The van der Waals surface area contributed by atoms with Crippen molar-refractivity contribution in [1.29, 1.82) is 0 Å². The Balaban J connectivity index is 2.16. The predicted octanol–water partition coefficient (Wildman–Crippen LogP) is -3.89. The summed E-state index contributed by atoms with van der Waals surface area (Å²) >= 11 is 0. The third-order valence-corrected chi connectivity index (χ3v) is 3.57. The van der Waals surface area contributed by atoms with Gasteiger partial charge >= 0.3 is 5.65 Å². The first-order valence-corrected chi connectivity index (χ1v) is 6.29. The predicted molar refractivity (Wildman–Crippen MR) is 66.7 cm³/mol. The summed E-state index contributed by atoms with van der Waals surface area (Å²) in [6.45, 7) is -0.684. The van der Waals surface area contributed by atoms with Gasteiger partial charge in [0.15, 0.2) is 6.33 Å². The molecule has 0 bridgehead atoms. The van der Waals surface area contributed by atoms with Gasteiger partial charge in [0.25, 0.3) is 11.5 Å². The summed E-state index contributed by atoms with van der Waals surface area (Å²) in [4.78, 5) is 18.3. The van der Waals surface area contributed by atoms with Crippen LogP contribution in [0.5, 0.6) is 0 Å². The van der Waals surface area contributed by atoms with Crippen molar-refractivity contribution in [3.63, 3.8) is 0 Å². The Kier molecular flexibility index (Phi) is 3.17. The van der Waals surface area contributed by atoms with Crippen molar-refractivity contribution in [2.45, 2.75) is 24.5 Å². The summed E-state index contributed by atoms with van der Waals surface area (Å²) in [7, 11) is 1.62. The topological polar surface area (TPSA) is 153 Å². The maximum absolute atomic E-state index is 11.9. The number of aromatic amines is 1. The number of aliphatic hydroxyl groups excluding tert-OH is 2. The number of ether oxygens (including phenoxy) is 1. The molecule has 3 rings (SSSR count). The second-order valence-corrected chi connectivity index (χ2v) is 4.97. The van der Waals surface area contributed by atoms with E-state index in [0.717, 1.165) is 0 Å². The van der Waals surface area contributed by atoms with Crippen molar-refractivity contribution in [2.75, 3.05) is 12.3 Å². The Labute approximate surface area is 118 Å². The van der Waals surface area contributed by atoms with Gasteiger partial charge in [0, 0.05) is 0 Å². The van der Waals surface area contributed by atoms with Gasteiger partial charge in [0.2, 0.25) is 11.7 Å². The zero-order valence-corrected chi connectivity index (χ0v) is 11.1. The quantitative estimate of drug-likeness (QED) is 0.413. The van der Waals surface area contributed by atoms with Crippen LogP contribution in [0.2, 0.25) is 0 Å². The van der Waals surface area contributed by atoms with Gasteiger partial charge in [-0.05, 0) is 0 Å². The summed E-state index contributed by atoms with van der Waals surface area (Å²) in [5.41, 5.74) is 5.52. The highest BCUT2D eigenvalue weighted by molar-refractivity contribution is 5.67. The van der Waals surface area contributed by atoms with Gasteiger partial charge in [-0.15, -0.1) is 6.61 Å². The highest BCUT2D eigenvalue weighted by atomic mass is 16.6. The lowest BCUT2D eigenvalue weighted by atomic mass is 10.1. The van der Waals surface area contributed by atoms with Crippen molar-refractivity contribution in [1.82, 2.24) is 14.5 Å².